The standard InChI is InChI=1S/C12H15N5OS/c1-8(18)16-3-5-17(6-4-16)10-9-2-7-19-11(9)15-12(13)14-10/h2,7H,3-6H2,1H3,(H2,13,14,15). The molecule has 19 heavy (non-hydrogen) atoms. The van der Waals surface area contributed by atoms with E-state index in [2.05, 4.69) is 14.9 Å². The van der Waals surface area contributed by atoms with Gasteiger partial charge in [0.05, 0.1) is 5.39 Å². The van der Waals surface area contributed by atoms with Gasteiger partial charge in [0.1, 0.15) is 10.6 Å². The molecule has 7 heteroatoms. The molecule has 1 amide bonds. The van der Waals surface area contributed by atoms with E-state index < -0.39 is 0 Å². The zero-order valence-corrected chi connectivity index (χ0v) is 11.5. The summed E-state index contributed by atoms with van der Waals surface area (Å²) in [7, 11) is 0. The number of fused-ring (bicyclic) bond motifs is 1. The topological polar surface area (TPSA) is 75.4 Å². The zero-order chi connectivity index (χ0) is 13.4. The first-order valence-electron chi connectivity index (χ1n) is 6.16. The highest BCUT2D eigenvalue weighted by molar-refractivity contribution is 7.16. The molecule has 0 spiro atoms. The van der Waals surface area contributed by atoms with Crippen molar-refractivity contribution in [3.8, 4) is 0 Å². The Labute approximate surface area is 114 Å². The minimum atomic E-state index is 0.127. The van der Waals surface area contributed by atoms with Gasteiger partial charge in [0, 0.05) is 33.1 Å². The van der Waals surface area contributed by atoms with Crippen molar-refractivity contribution < 1.29 is 4.79 Å². The van der Waals surface area contributed by atoms with Crippen LogP contribution in [0.2, 0.25) is 0 Å². The molecule has 3 rings (SSSR count). The van der Waals surface area contributed by atoms with E-state index in [4.69, 9.17) is 5.73 Å². The summed E-state index contributed by atoms with van der Waals surface area (Å²) < 4.78 is 0. The number of anilines is 2. The van der Waals surface area contributed by atoms with Crippen molar-refractivity contribution in [3.05, 3.63) is 11.4 Å². The van der Waals surface area contributed by atoms with E-state index in [1.165, 1.54) is 0 Å². The first-order valence-corrected chi connectivity index (χ1v) is 7.04. The van der Waals surface area contributed by atoms with Crippen molar-refractivity contribution in [2.75, 3.05) is 36.8 Å². The van der Waals surface area contributed by atoms with Gasteiger partial charge in [0.25, 0.3) is 0 Å². The van der Waals surface area contributed by atoms with Crippen LogP contribution >= 0.6 is 11.3 Å². The summed E-state index contributed by atoms with van der Waals surface area (Å²) in [5.41, 5.74) is 5.76. The molecule has 0 saturated carbocycles. The molecule has 0 radical (unpaired) electrons. The Kier molecular flexibility index (Phi) is 2.98. The van der Waals surface area contributed by atoms with E-state index in [-0.39, 0.29) is 5.91 Å². The SMILES string of the molecule is CC(=O)N1CCN(c2nc(N)nc3sccc23)CC1. The van der Waals surface area contributed by atoms with Crippen molar-refractivity contribution in [2.24, 2.45) is 0 Å². The largest absolute Gasteiger partial charge is 0.368 e. The number of nitrogens with zero attached hydrogens (tertiary/aromatic N) is 4. The summed E-state index contributed by atoms with van der Waals surface area (Å²) in [6, 6.07) is 2.02. The van der Waals surface area contributed by atoms with Gasteiger partial charge in [0.15, 0.2) is 0 Å². The number of piperazine rings is 1. The quantitative estimate of drug-likeness (QED) is 0.839. The number of carbonyl (C=O) groups is 1. The minimum Gasteiger partial charge on any atom is -0.368 e. The minimum absolute atomic E-state index is 0.127. The lowest BCUT2D eigenvalue weighted by atomic mass is 10.2. The number of nitrogens with two attached hydrogens (primary N) is 1. The van der Waals surface area contributed by atoms with Gasteiger partial charge >= 0.3 is 0 Å². The molecule has 0 aromatic carbocycles. The maximum absolute atomic E-state index is 11.3. The van der Waals surface area contributed by atoms with Crippen molar-refractivity contribution in [1.82, 2.24) is 14.9 Å². The maximum Gasteiger partial charge on any atom is 0.223 e. The molecular formula is C12H15N5OS. The van der Waals surface area contributed by atoms with Crippen molar-refractivity contribution >= 4 is 39.2 Å². The summed E-state index contributed by atoms with van der Waals surface area (Å²) in [6.45, 7) is 4.62. The van der Waals surface area contributed by atoms with Gasteiger partial charge in [0.2, 0.25) is 11.9 Å². The lowest BCUT2D eigenvalue weighted by Crippen LogP contribution is -2.48. The third-order valence-electron chi connectivity index (χ3n) is 3.35. The first kappa shape index (κ1) is 12.2. The highest BCUT2D eigenvalue weighted by atomic mass is 32.1. The molecule has 2 aromatic heterocycles. The van der Waals surface area contributed by atoms with E-state index in [0.717, 1.165) is 42.2 Å². The second-order valence-corrected chi connectivity index (χ2v) is 5.43. The van der Waals surface area contributed by atoms with E-state index in [1.807, 2.05) is 16.3 Å². The normalized spacial score (nSPS) is 16.1. The van der Waals surface area contributed by atoms with E-state index >= 15 is 0 Å². The van der Waals surface area contributed by atoms with Crippen LogP contribution in [0.1, 0.15) is 6.92 Å². The fraction of sp³-hybridized carbons (Fsp3) is 0.417. The fourth-order valence-electron chi connectivity index (χ4n) is 2.33. The van der Waals surface area contributed by atoms with Gasteiger partial charge in [-0.1, -0.05) is 0 Å². The second kappa shape index (κ2) is 4.65. The summed E-state index contributed by atoms with van der Waals surface area (Å²) in [5.74, 6) is 1.31. The molecule has 0 atom stereocenters. The highest BCUT2D eigenvalue weighted by Gasteiger charge is 2.21. The molecule has 1 fully saturated rings. The Hall–Kier alpha value is -1.89. The third kappa shape index (κ3) is 2.21. The van der Waals surface area contributed by atoms with Crippen molar-refractivity contribution in [1.29, 1.82) is 0 Å². The Bertz CT molecular complexity index is 618. The van der Waals surface area contributed by atoms with Gasteiger partial charge in [-0.2, -0.15) is 4.98 Å². The lowest BCUT2D eigenvalue weighted by Gasteiger charge is -2.35. The average Bonchev–Trinajstić information content (AvgIpc) is 2.85. The van der Waals surface area contributed by atoms with Crippen LogP contribution in [0.3, 0.4) is 0 Å². The highest BCUT2D eigenvalue weighted by Crippen LogP contribution is 2.28. The van der Waals surface area contributed by atoms with Crippen LogP contribution in [0.25, 0.3) is 10.2 Å². The van der Waals surface area contributed by atoms with Crippen LogP contribution in [0, 0.1) is 0 Å². The Balaban J connectivity index is 1.89. The summed E-state index contributed by atoms with van der Waals surface area (Å²) in [5, 5.41) is 3.03. The number of carbonyl (C=O) groups excluding carboxylic acids is 1. The molecule has 100 valence electrons. The number of rotatable bonds is 1. The van der Waals surface area contributed by atoms with Crippen LogP contribution in [-0.4, -0.2) is 47.0 Å². The molecule has 3 heterocycles. The first-order chi connectivity index (χ1) is 9.15. The number of nitrogen functional groups attached to an aromatic ring is 1. The summed E-state index contributed by atoms with van der Waals surface area (Å²) >= 11 is 1.56. The number of hydrogen-bond acceptors (Lipinski definition) is 6. The Morgan fingerprint density at radius 3 is 2.74 bits per heavy atom. The molecule has 1 aliphatic rings. The number of aromatic nitrogens is 2. The van der Waals surface area contributed by atoms with Gasteiger partial charge in [-0.15, -0.1) is 11.3 Å². The van der Waals surface area contributed by atoms with Gasteiger partial charge < -0.3 is 15.5 Å². The van der Waals surface area contributed by atoms with Crippen molar-refractivity contribution in [2.45, 2.75) is 6.92 Å². The van der Waals surface area contributed by atoms with E-state index in [9.17, 15) is 4.79 Å². The second-order valence-electron chi connectivity index (χ2n) is 4.54. The summed E-state index contributed by atoms with van der Waals surface area (Å²) in [6.07, 6.45) is 0. The smallest absolute Gasteiger partial charge is 0.223 e. The molecule has 6 nitrogen and oxygen atoms in total. The molecule has 1 saturated heterocycles. The fourth-order valence-corrected chi connectivity index (χ4v) is 3.10. The van der Waals surface area contributed by atoms with Crippen LogP contribution in [0.15, 0.2) is 11.4 Å². The molecule has 2 aromatic rings. The molecule has 2 N–H and O–H groups in total. The number of hydrogen-bond donors (Lipinski definition) is 1. The Morgan fingerprint density at radius 2 is 2.05 bits per heavy atom. The number of thiophene rings is 1. The van der Waals surface area contributed by atoms with Crippen LogP contribution < -0.4 is 10.6 Å². The van der Waals surface area contributed by atoms with Gasteiger partial charge in [-0.05, 0) is 11.4 Å². The molecule has 0 unspecified atom stereocenters. The lowest BCUT2D eigenvalue weighted by molar-refractivity contribution is -0.129. The zero-order valence-electron chi connectivity index (χ0n) is 10.7. The maximum atomic E-state index is 11.3. The Morgan fingerprint density at radius 1 is 1.32 bits per heavy atom. The van der Waals surface area contributed by atoms with E-state index in [0.29, 0.717) is 5.95 Å². The van der Waals surface area contributed by atoms with Gasteiger partial charge in [-0.25, -0.2) is 4.98 Å². The van der Waals surface area contributed by atoms with Gasteiger partial charge in [-0.3, -0.25) is 4.79 Å². The van der Waals surface area contributed by atoms with Crippen LogP contribution in [0.5, 0.6) is 0 Å². The van der Waals surface area contributed by atoms with Crippen molar-refractivity contribution in [3.63, 3.8) is 0 Å². The van der Waals surface area contributed by atoms with Crippen LogP contribution in [-0.2, 0) is 4.79 Å². The predicted molar refractivity (Wildman–Crippen MR) is 76.3 cm³/mol. The summed E-state index contributed by atoms with van der Waals surface area (Å²) in [4.78, 5) is 24.9. The molecule has 0 aliphatic carbocycles. The average molecular weight is 277 g/mol. The molecule has 0 bridgehead atoms. The number of amides is 1. The monoisotopic (exact) mass is 277 g/mol. The van der Waals surface area contributed by atoms with Crippen LogP contribution in [0.4, 0.5) is 11.8 Å². The third-order valence-corrected chi connectivity index (χ3v) is 4.15. The molecule has 1 aliphatic heterocycles. The molecular weight excluding hydrogens is 262 g/mol. The predicted octanol–water partition coefficient (Wildman–Crippen LogP) is 0.942. The van der Waals surface area contributed by atoms with E-state index in [1.54, 1.807) is 18.3 Å².